The lowest BCUT2D eigenvalue weighted by atomic mass is 9.87. The van der Waals surface area contributed by atoms with Crippen LogP contribution in [-0.4, -0.2) is 36.9 Å². The van der Waals surface area contributed by atoms with Gasteiger partial charge in [-0.25, -0.2) is 4.98 Å². The first-order chi connectivity index (χ1) is 15.3. The Bertz CT molecular complexity index is 1100. The Hall–Kier alpha value is -2.88. The Kier molecular flexibility index (Phi) is 6.50. The minimum atomic E-state index is -4.11. The van der Waals surface area contributed by atoms with Crippen LogP contribution in [0.1, 0.15) is 56.3 Å². The fourth-order valence-electron chi connectivity index (χ4n) is 4.47. The van der Waals surface area contributed by atoms with E-state index in [0.717, 1.165) is 24.6 Å². The molecule has 2 aromatic rings. The van der Waals surface area contributed by atoms with Gasteiger partial charge in [0.25, 0.3) is 0 Å². The van der Waals surface area contributed by atoms with Gasteiger partial charge in [-0.15, -0.1) is 0 Å². The number of oxazole rings is 1. The maximum Gasteiger partial charge on any atom is 0.336 e. The summed E-state index contributed by atoms with van der Waals surface area (Å²) in [5.74, 6) is -0.824. The molecule has 10 heteroatoms. The molecule has 1 aromatic heterocycles. The second-order valence-electron chi connectivity index (χ2n) is 8.44. The van der Waals surface area contributed by atoms with E-state index in [1.54, 1.807) is 12.1 Å². The van der Waals surface area contributed by atoms with Crippen LogP contribution in [0.5, 0.6) is 0 Å². The number of aliphatic carboxylic acids is 1. The van der Waals surface area contributed by atoms with Crippen molar-refractivity contribution in [1.82, 2.24) is 4.98 Å². The van der Waals surface area contributed by atoms with Gasteiger partial charge < -0.3 is 14.8 Å². The number of carbonyl (C=O) groups excluding carboxylic acids is 1. The van der Waals surface area contributed by atoms with Crippen LogP contribution in [0.3, 0.4) is 0 Å². The van der Waals surface area contributed by atoms with E-state index in [4.69, 9.17) is 9.52 Å². The molecule has 0 atom stereocenters. The predicted octanol–water partition coefficient (Wildman–Crippen LogP) is 3.35. The van der Waals surface area contributed by atoms with Crippen molar-refractivity contribution in [2.24, 2.45) is 5.92 Å². The third-order valence-corrected chi connectivity index (χ3v) is 7.60. The monoisotopic (exact) mass is 461 g/mol. The van der Waals surface area contributed by atoms with Crippen LogP contribution in [0.4, 0.5) is 11.4 Å². The lowest BCUT2D eigenvalue weighted by Gasteiger charge is -2.29. The van der Waals surface area contributed by atoms with Crippen molar-refractivity contribution in [2.75, 3.05) is 16.2 Å². The first kappa shape index (κ1) is 22.3. The van der Waals surface area contributed by atoms with Crippen LogP contribution >= 0.6 is 0 Å². The molecule has 0 radical (unpaired) electrons. The van der Waals surface area contributed by atoms with E-state index in [1.807, 2.05) is 6.07 Å². The highest BCUT2D eigenvalue weighted by Gasteiger charge is 2.33. The topological polar surface area (TPSA) is 130 Å². The van der Waals surface area contributed by atoms with Crippen molar-refractivity contribution in [3.05, 3.63) is 35.7 Å². The number of benzene rings is 1. The van der Waals surface area contributed by atoms with E-state index in [-0.39, 0.29) is 18.2 Å². The third-order valence-electron chi connectivity index (χ3n) is 6.01. The fraction of sp³-hybridized carbons (Fsp3) is 0.500. The van der Waals surface area contributed by atoms with Gasteiger partial charge in [-0.3, -0.25) is 13.9 Å². The van der Waals surface area contributed by atoms with E-state index >= 15 is 0 Å². The number of anilines is 2. The van der Waals surface area contributed by atoms with Crippen LogP contribution in [0, 0.1) is 5.92 Å². The smallest absolute Gasteiger partial charge is 0.336 e. The van der Waals surface area contributed by atoms with Gasteiger partial charge in [0.05, 0.1) is 11.9 Å². The van der Waals surface area contributed by atoms with Crippen LogP contribution in [0.25, 0.3) is 0 Å². The van der Waals surface area contributed by atoms with Crippen LogP contribution in [-0.2, 0) is 32.5 Å². The Labute approximate surface area is 186 Å². The number of sulfonamides is 1. The normalized spacial score (nSPS) is 17.1. The highest BCUT2D eigenvalue weighted by Crippen LogP contribution is 2.34. The van der Waals surface area contributed by atoms with Crippen molar-refractivity contribution in [3.8, 4) is 0 Å². The summed E-state index contributed by atoms with van der Waals surface area (Å²) in [5, 5.41) is 11.3. The van der Waals surface area contributed by atoms with Gasteiger partial charge in [0, 0.05) is 18.7 Å². The number of fused-ring (bicyclic) bond motifs is 1. The highest BCUT2D eigenvalue weighted by atomic mass is 32.2. The van der Waals surface area contributed by atoms with E-state index in [0.29, 0.717) is 36.6 Å². The Morgan fingerprint density at radius 3 is 2.72 bits per heavy atom. The lowest BCUT2D eigenvalue weighted by Crippen LogP contribution is -2.35. The largest absolute Gasteiger partial charge is 0.481 e. The SMILES string of the molecule is O=C(O)Cc1cnc(S(=O)(=O)N2CCCc3ccc(NC(=O)CC4CCCCC4)cc32)o1. The summed E-state index contributed by atoms with van der Waals surface area (Å²) in [7, 11) is -4.11. The summed E-state index contributed by atoms with van der Waals surface area (Å²) in [5.41, 5.74) is 1.87. The van der Waals surface area contributed by atoms with Crippen LogP contribution < -0.4 is 9.62 Å². The van der Waals surface area contributed by atoms with Gasteiger partial charge >= 0.3 is 21.2 Å². The average molecular weight is 462 g/mol. The predicted molar refractivity (Wildman–Crippen MR) is 117 cm³/mol. The standard InChI is InChI=1S/C22H27N3O6S/c26-20(11-15-5-2-1-3-6-15)24-17-9-8-16-7-4-10-25(19(16)12-17)32(29,30)22-23-14-18(31-22)13-21(27)28/h8-9,12,14-15H,1-7,10-11,13H2,(H,24,26)(H,27,28). The van der Waals surface area contributed by atoms with Crippen molar-refractivity contribution < 1.29 is 27.5 Å². The summed E-state index contributed by atoms with van der Waals surface area (Å²) < 4.78 is 32.8. The summed E-state index contributed by atoms with van der Waals surface area (Å²) in [6.07, 6.45) is 8.20. The van der Waals surface area contributed by atoms with Crippen LogP contribution in [0.2, 0.25) is 0 Å². The molecule has 1 amide bonds. The first-order valence-corrected chi connectivity index (χ1v) is 12.4. The molecule has 1 aliphatic carbocycles. The highest BCUT2D eigenvalue weighted by molar-refractivity contribution is 7.92. The molecule has 0 unspecified atom stereocenters. The van der Waals surface area contributed by atoms with Gasteiger partial charge in [-0.2, -0.15) is 8.42 Å². The molecular formula is C22H27N3O6S. The molecule has 2 heterocycles. The minimum absolute atomic E-state index is 0.0305. The van der Waals surface area contributed by atoms with Gasteiger partial charge in [0.15, 0.2) is 0 Å². The van der Waals surface area contributed by atoms with Gasteiger partial charge in [-0.05, 0) is 49.3 Å². The maximum atomic E-state index is 13.2. The molecule has 0 saturated heterocycles. The number of carboxylic acid groups (broad SMARTS) is 1. The molecule has 32 heavy (non-hydrogen) atoms. The molecule has 1 aliphatic heterocycles. The van der Waals surface area contributed by atoms with E-state index in [1.165, 1.54) is 23.6 Å². The molecular weight excluding hydrogens is 434 g/mol. The van der Waals surface area contributed by atoms with Gasteiger partial charge in [0.2, 0.25) is 5.91 Å². The number of aromatic nitrogens is 1. The average Bonchev–Trinajstić information content (AvgIpc) is 3.22. The zero-order valence-electron chi connectivity index (χ0n) is 17.7. The van der Waals surface area contributed by atoms with Gasteiger partial charge in [0.1, 0.15) is 12.2 Å². The molecule has 4 rings (SSSR count). The summed E-state index contributed by atoms with van der Waals surface area (Å²) in [4.78, 5) is 27.2. The number of nitrogens with one attached hydrogen (secondary N) is 1. The maximum absolute atomic E-state index is 13.2. The number of aryl methyl sites for hydroxylation is 1. The Morgan fingerprint density at radius 1 is 1.19 bits per heavy atom. The third kappa shape index (κ3) is 4.95. The molecule has 2 aliphatic rings. The van der Waals surface area contributed by atoms with Crippen molar-refractivity contribution in [1.29, 1.82) is 0 Å². The zero-order valence-corrected chi connectivity index (χ0v) is 18.6. The van der Waals surface area contributed by atoms with Crippen molar-refractivity contribution in [3.63, 3.8) is 0 Å². The first-order valence-electron chi connectivity index (χ1n) is 10.9. The quantitative estimate of drug-likeness (QED) is 0.647. The van der Waals surface area contributed by atoms with E-state index in [9.17, 15) is 18.0 Å². The van der Waals surface area contributed by atoms with E-state index in [2.05, 4.69) is 10.3 Å². The number of rotatable bonds is 7. The van der Waals surface area contributed by atoms with E-state index < -0.39 is 27.6 Å². The number of hydrogen-bond donors (Lipinski definition) is 2. The molecule has 0 spiro atoms. The molecule has 1 fully saturated rings. The number of carbonyl (C=O) groups is 2. The fourth-order valence-corrected chi connectivity index (χ4v) is 5.85. The summed E-state index contributed by atoms with van der Waals surface area (Å²) in [6.45, 7) is 0.242. The van der Waals surface area contributed by atoms with Gasteiger partial charge in [-0.1, -0.05) is 25.3 Å². The number of hydrogen-bond acceptors (Lipinski definition) is 6. The lowest BCUT2D eigenvalue weighted by molar-refractivity contribution is -0.136. The Morgan fingerprint density at radius 2 is 1.97 bits per heavy atom. The second kappa shape index (κ2) is 9.32. The molecule has 1 saturated carbocycles. The van der Waals surface area contributed by atoms with Crippen molar-refractivity contribution >= 4 is 33.3 Å². The zero-order chi connectivity index (χ0) is 22.7. The molecule has 9 nitrogen and oxygen atoms in total. The van der Waals surface area contributed by atoms with Crippen LogP contribution in [0.15, 0.2) is 34.0 Å². The summed E-state index contributed by atoms with van der Waals surface area (Å²) >= 11 is 0. The number of nitrogens with zero attached hydrogens (tertiary/aromatic N) is 2. The Balaban J connectivity index is 1.53. The molecule has 172 valence electrons. The molecule has 1 aromatic carbocycles. The number of amides is 1. The molecule has 0 bridgehead atoms. The summed E-state index contributed by atoms with van der Waals surface area (Å²) in [6, 6.07) is 5.30. The molecule has 2 N–H and O–H groups in total. The van der Waals surface area contributed by atoms with Crippen molar-refractivity contribution in [2.45, 2.75) is 63.0 Å². The number of carboxylic acids is 1. The minimum Gasteiger partial charge on any atom is -0.481 e. The second-order valence-corrected chi connectivity index (χ2v) is 10.2.